The Bertz CT molecular complexity index is 2290. The van der Waals surface area contributed by atoms with Gasteiger partial charge in [0.2, 0.25) is 0 Å². The van der Waals surface area contributed by atoms with Gasteiger partial charge in [-0.2, -0.15) is 0 Å². The number of ether oxygens (including phenoxy) is 6. The van der Waals surface area contributed by atoms with Crippen LogP contribution in [-0.2, 0) is 41.8 Å². The molecule has 0 saturated heterocycles. The zero-order valence-electron chi connectivity index (χ0n) is 37.5. The fraction of sp³-hybridized carbons (Fsp3) is 0.362. The molecule has 0 radical (unpaired) electrons. The summed E-state index contributed by atoms with van der Waals surface area (Å²) in [7, 11) is 1.07. The van der Waals surface area contributed by atoms with Crippen LogP contribution in [0.15, 0.2) is 72.8 Å². The first-order chi connectivity index (χ1) is 29.4. The van der Waals surface area contributed by atoms with E-state index in [1.165, 1.54) is 20.3 Å². The molecule has 0 bridgehead atoms. The summed E-state index contributed by atoms with van der Waals surface area (Å²) in [6.07, 6.45) is 0. The minimum atomic E-state index is -1.48. The molecule has 336 valence electrons. The maximum Gasteiger partial charge on any atom is 0.356 e. The van der Waals surface area contributed by atoms with E-state index in [4.69, 9.17) is 24.1 Å². The van der Waals surface area contributed by atoms with Crippen LogP contribution in [0.4, 0.5) is 0 Å². The number of nitrogens with zero attached hydrogens (tertiary/aromatic N) is 2. The molecule has 0 atom stereocenters. The van der Waals surface area contributed by atoms with E-state index in [1.807, 2.05) is 45.0 Å². The molecule has 0 aliphatic carbocycles. The largest absolute Gasteiger partial charge is 0.482 e. The molecule has 2 heterocycles. The number of esters is 4. The molecule has 0 amide bonds. The molecule has 2 aromatic carbocycles. The van der Waals surface area contributed by atoms with Gasteiger partial charge in [-0.3, -0.25) is 0 Å². The number of hydrogen-bond acceptors (Lipinski definition) is 14. The third kappa shape index (κ3) is 22.7. The molecule has 63 heavy (non-hydrogen) atoms. The van der Waals surface area contributed by atoms with Crippen LogP contribution in [0.2, 0.25) is 19.6 Å². The molecule has 0 aliphatic heterocycles. The predicted octanol–water partition coefficient (Wildman–Crippen LogP) is 7.08. The molecule has 2 aromatic heterocycles. The summed E-state index contributed by atoms with van der Waals surface area (Å²) in [6.45, 7) is 16.5. The standard InChI is InChI=1S/C22H23NO6.C13H17NO3Si.C12H15IO3/c1-22(2,3)29-20(25)14-28-18-9-7-15(8-10-18)5-6-16-11-17(13-24)23-19(12-16)21(26)27-4;1-17-13(16)12-8-10(5-6-18(2,3)4)7-11(9-15)14-12;1-12(2,3)16-11(14)8-15-10-6-4-9(13)5-7-10/h7-12,24H,13-14H2,1-4H3;7-8,15H,9H2,1-4H3;4-7H,8H2,1-3H3. The predicted molar refractivity (Wildman–Crippen MR) is 247 cm³/mol. The van der Waals surface area contributed by atoms with Crippen molar-refractivity contribution in [3.8, 4) is 34.8 Å². The molecule has 4 aromatic rings. The molecule has 0 saturated carbocycles. The Morgan fingerprint density at radius 3 is 1.35 bits per heavy atom. The molecular weight excluding hydrogens is 940 g/mol. The van der Waals surface area contributed by atoms with Gasteiger partial charge in [-0.15, -0.1) is 5.54 Å². The van der Waals surface area contributed by atoms with Crippen LogP contribution in [0.1, 0.15) is 90.6 Å². The third-order valence-electron chi connectivity index (χ3n) is 7.02. The van der Waals surface area contributed by atoms with Crippen LogP contribution in [0.3, 0.4) is 0 Å². The summed E-state index contributed by atoms with van der Waals surface area (Å²) in [5.74, 6) is 8.18. The second-order valence-electron chi connectivity index (χ2n) is 16.2. The third-order valence-corrected chi connectivity index (χ3v) is 8.62. The number of rotatable bonds is 10. The lowest BCUT2D eigenvalue weighted by Gasteiger charge is -2.19. The first kappa shape index (κ1) is 53.3. The number of hydrogen-bond donors (Lipinski definition) is 2. The van der Waals surface area contributed by atoms with Crippen LogP contribution >= 0.6 is 22.6 Å². The number of benzene rings is 2. The van der Waals surface area contributed by atoms with Gasteiger partial charge in [0, 0.05) is 20.3 Å². The summed E-state index contributed by atoms with van der Waals surface area (Å²) < 4.78 is 31.4. The first-order valence-electron chi connectivity index (χ1n) is 19.4. The van der Waals surface area contributed by atoms with E-state index < -0.39 is 37.2 Å². The lowest BCUT2D eigenvalue weighted by atomic mass is 10.1. The molecule has 16 heteroatoms. The van der Waals surface area contributed by atoms with Gasteiger partial charge in [0.1, 0.15) is 42.2 Å². The average Bonchev–Trinajstić information content (AvgIpc) is 3.22. The van der Waals surface area contributed by atoms with Gasteiger partial charge in [-0.25, -0.2) is 29.1 Å². The number of carbonyl (C=O) groups is 4. The summed E-state index contributed by atoms with van der Waals surface area (Å²) in [5, 5.41) is 18.4. The molecule has 2 N–H and O–H groups in total. The van der Waals surface area contributed by atoms with Gasteiger partial charge in [0.15, 0.2) is 13.2 Å². The summed E-state index contributed by atoms with van der Waals surface area (Å²) in [4.78, 5) is 54.1. The Balaban J connectivity index is 0.000000346. The van der Waals surface area contributed by atoms with Crippen molar-refractivity contribution in [2.24, 2.45) is 0 Å². The highest BCUT2D eigenvalue weighted by Crippen LogP contribution is 2.16. The van der Waals surface area contributed by atoms with Crippen LogP contribution in [0.25, 0.3) is 0 Å². The maximum atomic E-state index is 11.7. The Hall–Kier alpha value is -5.79. The van der Waals surface area contributed by atoms with Crippen molar-refractivity contribution in [1.29, 1.82) is 0 Å². The van der Waals surface area contributed by atoms with Crippen LogP contribution in [-0.4, -0.2) is 90.8 Å². The van der Waals surface area contributed by atoms with Crippen LogP contribution in [0.5, 0.6) is 11.5 Å². The van der Waals surface area contributed by atoms with Crippen LogP contribution in [0, 0.1) is 26.9 Å². The Morgan fingerprint density at radius 2 is 0.984 bits per heavy atom. The Morgan fingerprint density at radius 1 is 0.603 bits per heavy atom. The van der Waals surface area contributed by atoms with Gasteiger partial charge in [0.25, 0.3) is 0 Å². The maximum absolute atomic E-state index is 11.7. The van der Waals surface area contributed by atoms with Crippen molar-refractivity contribution in [1.82, 2.24) is 9.97 Å². The second-order valence-corrected chi connectivity index (χ2v) is 22.2. The van der Waals surface area contributed by atoms with Crippen molar-refractivity contribution in [2.75, 3.05) is 27.4 Å². The zero-order chi connectivity index (χ0) is 47.4. The highest BCUT2D eigenvalue weighted by molar-refractivity contribution is 14.1. The van der Waals surface area contributed by atoms with Gasteiger partial charge in [0.05, 0.1) is 38.8 Å². The lowest BCUT2D eigenvalue weighted by Crippen LogP contribution is -2.27. The first-order valence-corrected chi connectivity index (χ1v) is 24.0. The van der Waals surface area contributed by atoms with E-state index in [2.05, 4.69) is 85.0 Å². The van der Waals surface area contributed by atoms with Crippen molar-refractivity contribution in [3.05, 3.63) is 116 Å². The van der Waals surface area contributed by atoms with E-state index in [9.17, 15) is 24.3 Å². The molecule has 4 rings (SSSR count). The minimum absolute atomic E-state index is 0.0577. The quantitative estimate of drug-likeness (QED) is 0.0539. The highest BCUT2D eigenvalue weighted by Gasteiger charge is 2.18. The molecule has 0 aliphatic rings. The number of carbonyl (C=O) groups excluding carboxylic acids is 4. The summed E-state index contributed by atoms with van der Waals surface area (Å²) >= 11 is 2.21. The average molecular weight is 995 g/mol. The van der Waals surface area contributed by atoms with Crippen molar-refractivity contribution < 1.29 is 57.8 Å². The van der Waals surface area contributed by atoms with Crippen LogP contribution < -0.4 is 9.47 Å². The minimum Gasteiger partial charge on any atom is -0.482 e. The van der Waals surface area contributed by atoms with Crippen molar-refractivity contribution >= 4 is 54.5 Å². The van der Waals surface area contributed by atoms with E-state index in [0.29, 0.717) is 39.6 Å². The summed E-state index contributed by atoms with van der Waals surface area (Å²) in [6, 6.07) is 20.7. The fourth-order valence-electron chi connectivity index (χ4n) is 4.50. The fourth-order valence-corrected chi connectivity index (χ4v) is 5.37. The van der Waals surface area contributed by atoms with Gasteiger partial charge >= 0.3 is 23.9 Å². The normalized spacial score (nSPS) is 10.6. The van der Waals surface area contributed by atoms with E-state index in [0.717, 1.165) is 3.57 Å². The summed E-state index contributed by atoms with van der Waals surface area (Å²) in [5.41, 5.74) is 5.07. The number of methoxy groups -OCH3 is 2. The molecular formula is C47H55IN2O12Si. The molecule has 0 spiro atoms. The lowest BCUT2D eigenvalue weighted by molar-refractivity contribution is -0.158. The highest BCUT2D eigenvalue weighted by atomic mass is 127. The molecule has 14 nitrogen and oxygen atoms in total. The van der Waals surface area contributed by atoms with Crippen molar-refractivity contribution in [2.45, 2.75) is 85.6 Å². The zero-order valence-corrected chi connectivity index (χ0v) is 40.7. The van der Waals surface area contributed by atoms with Crippen molar-refractivity contribution in [3.63, 3.8) is 0 Å². The van der Waals surface area contributed by atoms with E-state index in [1.54, 1.807) is 63.2 Å². The monoisotopic (exact) mass is 994 g/mol. The number of aromatic nitrogens is 2. The van der Waals surface area contributed by atoms with E-state index in [-0.39, 0.29) is 43.8 Å². The van der Waals surface area contributed by atoms with E-state index >= 15 is 0 Å². The van der Waals surface area contributed by atoms with Gasteiger partial charge in [-0.1, -0.05) is 37.4 Å². The smallest absolute Gasteiger partial charge is 0.356 e. The molecule has 0 fully saturated rings. The topological polar surface area (TPSA) is 190 Å². The van der Waals surface area contributed by atoms with Gasteiger partial charge in [-0.05, 0) is 137 Å². The Kier molecular flexibility index (Phi) is 21.5. The molecule has 0 unspecified atom stereocenters. The number of pyridine rings is 2. The number of aliphatic hydroxyl groups excluding tert-OH is 2. The number of halogens is 1. The Labute approximate surface area is 384 Å². The second kappa shape index (κ2) is 25.3. The van der Waals surface area contributed by atoms with Gasteiger partial charge < -0.3 is 38.6 Å². The number of aliphatic hydroxyl groups is 2. The SMILES string of the molecule is CC(C)(C)OC(=O)COc1ccc(I)cc1.COC(=O)c1cc(C#C[Si](C)(C)C)cc(CO)n1.COC(=O)c1cc(C#Cc2ccc(OCC(=O)OC(C)(C)C)cc2)cc(CO)n1.